The number of aryl methyl sites for hydroxylation is 1. The highest BCUT2D eigenvalue weighted by Crippen LogP contribution is 2.26. The average molecular weight is 267 g/mol. The van der Waals surface area contributed by atoms with Crippen LogP contribution in [-0.4, -0.2) is 0 Å². The quantitative estimate of drug-likeness (QED) is 0.570. The van der Waals surface area contributed by atoms with Crippen LogP contribution in [0.1, 0.15) is 5.56 Å². The Hall–Kier alpha value is -2.75. The van der Waals surface area contributed by atoms with Crippen LogP contribution in [0.3, 0.4) is 0 Å². The van der Waals surface area contributed by atoms with E-state index in [0.717, 1.165) is 10.9 Å². The van der Waals surface area contributed by atoms with Crippen LogP contribution >= 0.6 is 0 Å². The van der Waals surface area contributed by atoms with Crippen molar-refractivity contribution in [3.05, 3.63) is 64.5 Å². The Morgan fingerprint density at radius 3 is 2.45 bits per heavy atom. The van der Waals surface area contributed by atoms with E-state index in [1.807, 2.05) is 19.1 Å². The Bertz CT molecular complexity index is 819. The number of fused-ring (bicyclic) bond motifs is 1. The molecule has 0 amide bonds. The molecule has 0 aliphatic carbocycles. The zero-order chi connectivity index (χ0) is 14.1. The Kier molecular flexibility index (Phi) is 2.91. The Morgan fingerprint density at radius 1 is 1.00 bits per heavy atom. The maximum atomic E-state index is 11.4. The summed E-state index contributed by atoms with van der Waals surface area (Å²) >= 11 is 0. The molecule has 1 aromatic heterocycles. The summed E-state index contributed by atoms with van der Waals surface area (Å²) in [5.74, 6) is 1.28. The van der Waals surface area contributed by atoms with Crippen LogP contribution in [0.4, 0.5) is 5.69 Å². The summed E-state index contributed by atoms with van der Waals surface area (Å²) in [6, 6.07) is 14.0. The monoisotopic (exact) mass is 267 g/mol. The van der Waals surface area contributed by atoms with Gasteiger partial charge in [-0.3, -0.25) is 0 Å². The van der Waals surface area contributed by atoms with Gasteiger partial charge in [-0.25, -0.2) is 4.79 Å². The molecule has 3 rings (SSSR count). The molecule has 1 heterocycles. The van der Waals surface area contributed by atoms with Gasteiger partial charge in [-0.1, -0.05) is 0 Å². The Labute approximate surface area is 115 Å². The molecule has 3 aromatic rings. The summed E-state index contributed by atoms with van der Waals surface area (Å²) in [4.78, 5) is 11.4. The highest BCUT2D eigenvalue weighted by atomic mass is 16.5. The number of hydrogen-bond donors (Lipinski definition) is 1. The third kappa shape index (κ3) is 2.36. The smallest absolute Gasteiger partial charge is 0.336 e. The van der Waals surface area contributed by atoms with Gasteiger partial charge in [-0.05, 0) is 48.9 Å². The second-order valence-corrected chi connectivity index (χ2v) is 4.58. The molecular formula is C16H13NO3. The first kappa shape index (κ1) is 12.3. The molecule has 0 atom stereocenters. The molecule has 0 spiro atoms. The number of rotatable bonds is 2. The molecular weight excluding hydrogens is 254 g/mol. The lowest BCUT2D eigenvalue weighted by molar-refractivity contribution is 0.480. The number of hydrogen-bond acceptors (Lipinski definition) is 4. The predicted octanol–water partition coefficient (Wildman–Crippen LogP) is 3.48. The van der Waals surface area contributed by atoms with Crippen LogP contribution in [0.2, 0.25) is 0 Å². The summed E-state index contributed by atoms with van der Waals surface area (Å²) in [7, 11) is 0. The molecule has 4 heteroatoms. The van der Waals surface area contributed by atoms with Crippen molar-refractivity contribution in [3.63, 3.8) is 0 Å². The lowest BCUT2D eigenvalue weighted by Crippen LogP contribution is -1.97. The lowest BCUT2D eigenvalue weighted by Gasteiger charge is -2.07. The van der Waals surface area contributed by atoms with Crippen LogP contribution in [0, 0.1) is 6.92 Å². The maximum Gasteiger partial charge on any atom is 0.336 e. The van der Waals surface area contributed by atoms with Gasteiger partial charge in [0.05, 0.1) is 0 Å². The van der Waals surface area contributed by atoms with Gasteiger partial charge in [0, 0.05) is 23.2 Å². The number of ether oxygens (including phenoxy) is 1. The van der Waals surface area contributed by atoms with E-state index < -0.39 is 0 Å². The fourth-order valence-electron chi connectivity index (χ4n) is 2.04. The number of anilines is 1. The summed E-state index contributed by atoms with van der Waals surface area (Å²) in [6.07, 6.45) is 0. The lowest BCUT2D eigenvalue weighted by atomic mass is 10.1. The minimum absolute atomic E-state index is 0.361. The van der Waals surface area contributed by atoms with E-state index in [-0.39, 0.29) is 5.63 Å². The zero-order valence-electron chi connectivity index (χ0n) is 10.9. The van der Waals surface area contributed by atoms with E-state index in [4.69, 9.17) is 14.9 Å². The maximum absolute atomic E-state index is 11.4. The second kappa shape index (κ2) is 4.74. The first-order valence-corrected chi connectivity index (χ1v) is 6.20. The van der Waals surface area contributed by atoms with Gasteiger partial charge in [-0.2, -0.15) is 0 Å². The van der Waals surface area contributed by atoms with Gasteiger partial charge >= 0.3 is 5.63 Å². The van der Waals surface area contributed by atoms with Crippen LogP contribution in [0.25, 0.3) is 11.0 Å². The molecule has 2 N–H and O–H groups in total. The van der Waals surface area contributed by atoms with E-state index >= 15 is 0 Å². The highest BCUT2D eigenvalue weighted by Gasteiger charge is 2.05. The predicted molar refractivity (Wildman–Crippen MR) is 78.1 cm³/mol. The van der Waals surface area contributed by atoms with Crippen molar-refractivity contribution < 1.29 is 9.15 Å². The normalized spacial score (nSPS) is 10.7. The van der Waals surface area contributed by atoms with Crippen molar-refractivity contribution >= 4 is 16.7 Å². The van der Waals surface area contributed by atoms with Gasteiger partial charge < -0.3 is 14.9 Å². The topological polar surface area (TPSA) is 65.5 Å². The van der Waals surface area contributed by atoms with E-state index in [1.54, 1.807) is 30.3 Å². The molecule has 0 saturated carbocycles. The van der Waals surface area contributed by atoms with Gasteiger partial charge in [0.1, 0.15) is 17.1 Å². The molecule has 0 radical (unpaired) electrons. The minimum Gasteiger partial charge on any atom is -0.457 e. The fraction of sp³-hybridized carbons (Fsp3) is 0.0625. The number of benzene rings is 2. The molecule has 0 fully saturated rings. The van der Waals surface area contributed by atoms with Gasteiger partial charge in [0.25, 0.3) is 0 Å². The molecule has 2 aromatic carbocycles. The van der Waals surface area contributed by atoms with E-state index in [2.05, 4.69) is 0 Å². The Balaban J connectivity index is 2.00. The molecule has 0 aliphatic heterocycles. The first-order chi connectivity index (χ1) is 9.61. The van der Waals surface area contributed by atoms with Crippen molar-refractivity contribution in [3.8, 4) is 11.5 Å². The summed E-state index contributed by atoms with van der Waals surface area (Å²) in [5.41, 5.74) is 7.34. The van der Waals surface area contributed by atoms with E-state index in [1.165, 1.54) is 6.07 Å². The van der Waals surface area contributed by atoms with Gasteiger partial charge in [0.2, 0.25) is 0 Å². The van der Waals surface area contributed by atoms with Crippen molar-refractivity contribution in [2.45, 2.75) is 6.92 Å². The SMILES string of the molecule is Cc1cc(=O)oc2cc(Oc3ccc(N)cc3)ccc12. The van der Waals surface area contributed by atoms with Crippen molar-refractivity contribution in [1.29, 1.82) is 0 Å². The van der Waals surface area contributed by atoms with Crippen LogP contribution in [-0.2, 0) is 0 Å². The van der Waals surface area contributed by atoms with Crippen molar-refractivity contribution in [2.75, 3.05) is 5.73 Å². The van der Waals surface area contributed by atoms with Crippen LogP contribution in [0.5, 0.6) is 11.5 Å². The summed E-state index contributed by atoms with van der Waals surface area (Å²) in [5, 5.41) is 0.897. The molecule has 0 aliphatic rings. The third-order valence-electron chi connectivity index (χ3n) is 3.04. The van der Waals surface area contributed by atoms with Gasteiger partial charge in [0.15, 0.2) is 0 Å². The third-order valence-corrected chi connectivity index (χ3v) is 3.04. The van der Waals surface area contributed by atoms with Crippen molar-refractivity contribution in [1.82, 2.24) is 0 Å². The van der Waals surface area contributed by atoms with Crippen LogP contribution < -0.4 is 16.1 Å². The molecule has 4 nitrogen and oxygen atoms in total. The van der Waals surface area contributed by atoms with E-state index in [0.29, 0.717) is 22.8 Å². The molecule has 100 valence electrons. The Morgan fingerprint density at radius 2 is 1.70 bits per heavy atom. The molecule has 0 saturated heterocycles. The van der Waals surface area contributed by atoms with Crippen LogP contribution in [0.15, 0.2) is 57.7 Å². The average Bonchev–Trinajstić information content (AvgIpc) is 2.41. The first-order valence-electron chi connectivity index (χ1n) is 6.20. The molecule has 0 bridgehead atoms. The largest absolute Gasteiger partial charge is 0.457 e. The number of nitrogens with two attached hydrogens (primary N) is 1. The van der Waals surface area contributed by atoms with Gasteiger partial charge in [-0.15, -0.1) is 0 Å². The molecule has 20 heavy (non-hydrogen) atoms. The number of nitrogen functional groups attached to an aromatic ring is 1. The van der Waals surface area contributed by atoms with Crippen molar-refractivity contribution in [2.24, 2.45) is 0 Å². The standard InChI is InChI=1S/C16H13NO3/c1-10-8-16(18)20-15-9-13(6-7-14(10)15)19-12-4-2-11(17)3-5-12/h2-9H,17H2,1H3. The zero-order valence-corrected chi connectivity index (χ0v) is 10.9. The fourth-order valence-corrected chi connectivity index (χ4v) is 2.04. The minimum atomic E-state index is -0.361. The second-order valence-electron chi connectivity index (χ2n) is 4.58. The summed E-state index contributed by atoms with van der Waals surface area (Å²) in [6.45, 7) is 1.87. The summed E-state index contributed by atoms with van der Waals surface area (Å²) < 4.78 is 10.9. The molecule has 0 unspecified atom stereocenters. The van der Waals surface area contributed by atoms with E-state index in [9.17, 15) is 4.79 Å². The highest BCUT2D eigenvalue weighted by molar-refractivity contribution is 5.81.